The van der Waals surface area contributed by atoms with E-state index in [9.17, 15) is 13.2 Å². The van der Waals surface area contributed by atoms with Gasteiger partial charge in [0.2, 0.25) is 5.91 Å². The molecule has 0 aliphatic carbocycles. The van der Waals surface area contributed by atoms with E-state index >= 15 is 0 Å². The largest absolute Gasteiger partial charge is 0.399 e. The van der Waals surface area contributed by atoms with Crippen LogP contribution in [0.1, 0.15) is 51.9 Å². The van der Waals surface area contributed by atoms with Crippen molar-refractivity contribution in [1.82, 2.24) is 14.5 Å². The minimum Gasteiger partial charge on any atom is -0.399 e. The summed E-state index contributed by atoms with van der Waals surface area (Å²) < 4.78 is 28.5. The number of carbonyl (C=O) groups is 1. The van der Waals surface area contributed by atoms with E-state index in [1.807, 2.05) is 11.0 Å². The molecule has 4 rings (SSSR count). The van der Waals surface area contributed by atoms with E-state index in [0.717, 1.165) is 43.8 Å². The van der Waals surface area contributed by atoms with Gasteiger partial charge in [0.25, 0.3) is 0 Å². The predicted octanol–water partition coefficient (Wildman–Crippen LogP) is 4.15. The molecule has 1 fully saturated rings. The van der Waals surface area contributed by atoms with Crippen molar-refractivity contribution in [3.63, 3.8) is 0 Å². The minimum absolute atomic E-state index is 0.0830. The first-order valence-electron chi connectivity index (χ1n) is 11.8. The quantitative estimate of drug-likeness (QED) is 0.551. The molecule has 1 aliphatic rings. The zero-order valence-corrected chi connectivity index (χ0v) is 21.2. The standard InChI is InChI=1S/C26H34N4O3S/c1-18(31)29-13-11-19(12-14-29)16-30-24-10-9-22(15-23(24)28-25(30)26(2,3)4)34(32,33)17-20-5-7-21(27)8-6-20/h5-10,15,19H,11-14,16-17,27H2,1-4H3. The monoisotopic (exact) mass is 482 g/mol. The highest BCUT2D eigenvalue weighted by Crippen LogP contribution is 2.31. The molecule has 0 radical (unpaired) electrons. The van der Waals surface area contributed by atoms with Gasteiger partial charge in [-0.25, -0.2) is 13.4 Å². The first-order valence-corrected chi connectivity index (χ1v) is 13.4. The number of fused-ring (bicyclic) bond motifs is 1. The number of hydrogen-bond donors (Lipinski definition) is 1. The molecule has 34 heavy (non-hydrogen) atoms. The van der Waals surface area contributed by atoms with Crippen LogP contribution in [0.4, 0.5) is 5.69 Å². The fraction of sp³-hybridized carbons (Fsp3) is 0.462. The third-order valence-corrected chi connectivity index (χ3v) is 8.27. The van der Waals surface area contributed by atoms with Crippen LogP contribution in [-0.4, -0.2) is 41.9 Å². The summed E-state index contributed by atoms with van der Waals surface area (Å²) in [4.78, 5) is 18.8. The van der Waals surface area contributed by atoms with Crippen molar-refractivity contribution in [1.29, 1.82) is 0 Å². The average Bonchev–Trinajstić information content (AvgIpc) is 3.14. The number of rotatable bonds is 5. The molecule has 2 heterocycles. The maximum absolute atomic E-state index is 13.1. The van der Waals surface area contributed by atoms with Gasteiger partial charge in [-0.1, -0.05) is 32.9 Å². The highest BCUT2D eigenvalue weighted by atomic mass is 32.2. The zero-order chi connectivity index (χ0) is 24.7. The number of carbonyl (C=O) groups excluding carboxylic acids is 1. The molecule has 1 aliphatic heterocycles. The topological polar surface area (TPSA) is 98.3 Å². The van der Waals surface area contributed by atoms with Gasteiger partial charge in [0.05, 0.1) is 21.7 Å². The molecule has 0 spiro atoms. The number of benzene rings is 2. The average molecular weight is 483 g/mol. The molecule has 7 nitrogen and oxygen atoms in total. The number of aromatic nitrogens is 2. The zero-order valence-electron chi connectivity index (χ0n) is 20.4. The maximum Gasteiger partial charge on any atom is 0.219 e. The predicted molar refractivity (Wildman–Crippen MR) is 135 cm³/mol. The molecule has 0 saturated carbocycles. The summed E-state index contributed by atoms with van der Waals surface area (Å²) in [7, 11) is -3.53. The van der Waals surface area contributed by atoms with E-state index in [-0.39, 0.29) is 22.0 Å². The third-order valence-electron chi connectivity index (χ3n) is 6.59. The van der Waals surface area contributed by atoms with Crippen LogP contribution in [0, 0.1) is 5.92 Å². The SMILES string of the molecule is CC(=O)N1CCC(Cn2c(C(C)(C)C)nc3cc(S(=O)(=O)Cc4ccc(N)cc4)ccc32)CC1. The summed E-state index contributed by atoms with van der Waals surface area (Å²) in [6, 6.07) is 12.2. The molecule has 182 valence electrons. The number of nitrogens with zero attached hydrogens (tertiary/aromatic N) is 3. The Hall–Kier alpha value is -2.87. The van der Waals surface area contributed by atoms with E-state index in [1.54, 1.807) is 43.3 Å². The van der Waals surface area contributed by atoms with Gasteiger partial charge in [-0.3, -0.25) is 4.79 Å². The molecule has 2 N–H and O–H groups in total. The Morgan fingerprint density at radius 2 is 1.74 bits per heavy atom. The molecule has 0 atom stereocenters. The molecule has 1 aromatic heterocycles. The number of nitrogen functional groups attached to an aromatic ring is 1. The summed E-state index contributed by atoms with van der Waals surface area (Å²) in [6.45, 7) is 10.4. The lowest BCUT2D eigenvalue weighted by atomic mass is 9.93. The summed E-state index contributed by atoms with van der Waals surface area (Å²) in [5, 5.41) is 0. The molecular formula is C26H34N4O3S. The Bertz CT molecular complexity index is 1300. The Labute approximate surface area is 201 Å². The van der Waals surface area contributed by atoms with Crippen LogP contribution in [0.2, 0.25) is 0 Å². The lowest BCUT2D eigenvalue weighted by molar-refractivity contribution is -0.130. The molecule has 2 aromatic carbocycles. The van der Waals surface area contributed by atoms with Crippen LogP contribution in [0.3, 0.4) is 0 Å². The van der Waals surface area contributed by atoms with Gasteiger partial charge in [0.15, 0.2) is 9.84 Å². The number of imidazole rings is 1. The van der Waals surface area contributed by atoms with Gasteiger partial charge in [-0.2, -0.15) is 0 Å². The van der Waals surface area contributed by atoms with Crippen LogP contribution >= 0.6 is 0 Å². The van der Waals surface area contributed by atoms with Crippen molar-refractivity contribution in [2.24, 2.45) is 5.92 Å². The Morgan fingerprint density at radius 1 is 1.09 bits per heavy atom. The van der Waals surface area contributed by atoms with Crippen molar-refractivity contribution in [3.05, 3.63) is 53.9 Å². The fourth-order valence-corrected chi connectivity index (χ4v) is 6.03. The van der Waals surface area contributed by atoms with E-state index < -0.39 is 9.84 Å². The number of sulfone groups is 1. The van der Waals surface area contributed by atoms with Crippen LogP contribution in [0.25, 0.3) is 11.0 Å². The van der Waals surface area contributed by atoms with Crippen molar-refractivity contribution in [2.45, 2.75) is 63.1 Å². The second kappa shape index (κ2) is 9.06. The lowest BCUT2D eigenvalue weighted by Crippen LogP contribution is -2.38. The molecule has 1 amide bonds. The summed E-state index contributed by atoms with van der Waals surface area (Å²) >= 11 is 0. The first kappa shape index (κ1) is 24.3. The second-order valence-corrected chi connectivity index (χ2v) is 12.4. The third kappa shape index (κ3) is 5.12. The van der Waals surface area contributed by atoms with E-state index in [1.165, 1.54) is 0 Å². The van der Waals surface area contributed by atoms with Gasteiger partial charge in [0.1, 0.15) is 5.82 Å². The normalized spacial score (nSPS) is 15.7. The highest BCUT2D eigenvalue weighted by Gasteiger charge is 2.28. The summed E-state index contributed by atoms with van der Waals surface area (Å²) in [5.41, 5.74) is 8.49. The number of piperidine rings is 1. The van der Waals surface area contributed by atoms with E-state index in [0.29, 0.717) is 22.7 Å². The lowest BCUT2D eigenvalue weighted by Gasteiger charge is -2.32. The molecule has 0 bridgehead atoms. The fourth-order valence-electron chi connectivity index (χ4n) is 4.67. The highest BCUT2D eigenvalue weighted by molar-refractivity contribution is 7.90. The minimum atomic E-state index is -3.53. The molecular weight excluding hydrogens is 448 g/mol. The van der Waals surface area contributed by atoms with Crippen LogP contribution in [-0.2, 0) is 32.3 Å². The van der Waals surface area contributed by atoms with Crippen molar-refractivity contribution < 1.29 is 13.2 Å². The van der Waals surface area contributed by atoms with E-state index in [2.05, 4.69) is 25.3 Å². The van der Waals surface area contributed by atoms with E-state index in [4.69, 9.17) is 10.7 Å². The smallest absolute Gasteiger partial charge is 0.219 e. The van der Waals surface area contributed by atoms with Crippen molar-refractivity contribution >= 4 is 32.5 Å². The molecule has 8 heteroatoms. The van der Waals surface area contributed by atoms with Crippen molar-refractivity contribution in [2.75, 3.05) is 18.8 Å². The van der Waals surface area contributed by atoms with Crippen LogP contribution in [0.15, 0.2) is 47.4 Å². The van der Waals surface area contributed by atoms with Crippen LogP contribution < -0.4 is 5.73 Å². The summed E-state index contributed by atoms with van der Waals surface area (Å²) in [5.74, 6) is 1.45. The molecule has 1 saturated heterocycles. The Balaban J connectivity index is 1.64. The van der Waals surface area contributed by atoms with Crippen LogP contribution in [0.5, 0.6) is 0 Å². The van der Waals surface area contributed by atoms with Gasteiger partial charge in [-0.15, -0.1) is 0 Å². The number of nitrogens with two attached hydrogens (primary N) is 1. The molecule has 0 unspecified atom stereocenters. The van der Waals surface area contributed by atoms with Crippen molar-refractivity contribution in [3.8, 4) is 0 Å². The van der Waals surface area contributed by atoms with Gasteiger partial charge >= 0.3 is 0 Å². The Kier molecular flexibility index (Phi) is 6.46. The van der Waals surface area contributed by atoms with Gasteiger partial charge < -0.3 is 15.2 Å². The maximum atomic E-state index is 13.1. The first-order chi connectivity index (χ1) is 15.9. The summed E-state index contributed by atoms with van der Waals surface area (Å²) in [6.07, 6.45) is 1.91. The van der Waals surface area contributed by atoms with Gasteiger partial charge in [-0.05, 0) is 54.7 Å². The number of hydrogen-bond acceptors (Lipinski definition) is 5. The van der Waals surface area contributed by atoms with Gasteiger partial charge in [0, 0.05) is 37.7 Å². The number of anilines is 1. The number of amides is 1. The second-order valence-electron chi connectivity index (χ2n) is 10.4. The number of likely N-dealkylation sites (tertiary alicyclic amines) is 1. The molecule has 3 aromatic rings. The Morgan fingerprint density at radius 3 is 2.32 bits per heavy atom.